The van der Waals surface area contributed by atoms with Crippen molar-refractivity contribution >= 4 is 15.9 Å². The lowest BCUT2D eigenvalue weighted by molar-refractivity contribution is 0.456. The van der Waals surface area contributed by atoms with Gasteiger partial charge in [-0.1, -0.05) is 0 Å². The Balaban J connectivity index is 2.26. The number of aryl methyl sites for hydroxylation is 1. The molecular formula is C13H8BrFN2O. The van der Waals surface area contributed by atoms with Gasteiger partial charge in [0.25, 0.3) is 0 Å². The molecule has 0 amide bonds. The Bertz CT molecular complexity index is 637. The summed E-state index contributed by atoms with van der Waals surface area (Å²) < 4.78 is 19.7. The first-order valence-electron chi connectivity index (χ1n) is 5.11. The summed E-state index contributed by atoms with van der Waals surface area (Å²) in [5.74, 6) is 0.0735. The minimum Gasteiger partial charge on any atom is -0.439 e. The standard InChI is InChI=1S/C13H8BrFN2O/c1-8-11(14)4-5-13(17-8)18-10-3-2-9(7-16)12(15)6-10/h2-6H,1H3. The number of benzene rings is 1. The maximum Gasteiger partial charge on any atom is 0.219 e. The number of aromatic nitrogens is 1. The average molecular weight is 307 g/mol. The molecule has 0 unspecified atom stereocenters. The topological polar surface area (TPSA) is 45.9 Å². The molecule has 3 nitrogen and oxygen atoms in total. The fourth-order valence-electron chi connectivity index (χ4n) is 1.35. The molecule has 0 atom stereocenters. The summed E-state index contributed by atoms with van der Waals surface area (Å²) in [7, 11) is 0. The zero-order valence-electron chi connectivity index (χ0n) is 9.45. The van der Waals surface area contributed by atoms with Crippen LogP contribution in [0.2, 0.25) is 0 Å². The summed E-state index contributed by atoms with van der Waals surface area (Å²) >= 11 is 3.33. The Morgan fingerprint density at radius 1 is 1.33 bits per heavy atom. The fourth-order valence-corrected chi connectivity index (χ4v) is 1.57. The molecule has 0 aliphatic heterocycles. The summed E-state index contributed by atoms with van der Waals surface area (Å²) in [5.41, 5.74) is 0.768. The van der Waals surface area contributed by atoms with Gasteiger partial charge in [0.05, 0.1) is 11.3 Å². The predicted octanol–water partition coefficient (Wildman–Crippen LogP) is 3.96. The molecule has 0 fully saturated rings. The van der Waals surface area contributed by atoms with Gasteiger partial charge in [0.15, 0.2) is 0 Å². The molecule has 90 valence electrons. The highest BCUT2D eigenvalue weighted by Gasteiger charge is 2.06. The molecule has 1 aromatic carbocycles. The van der Waals surface area contributed by atoms with Gasteiger partial charge in [0.1, 0.15) is 17.6 Å². The Hall–Kier alpha value is -1.93. The van der Waals surface area contributed by atoms with Crippen LogP contribution in [0.25, 0.3) is 0 Å². The van der Waals surface area contributed by atoms with Crippen LogP contribution in [0, 0.1) is 24.1 Å². The van der Waals surface area contributed by atoms with Gasteiger partial charge in [0.2, 0.25) is 5.88 Å². The number of rotatable bonds is 2. The lowest BCUT2D eigenvalue weighted by Gasteiger charge is -2.06. The highest BCUT2D eigenvalue weighted by atomic mass is 79.9. The third-order valence-corrected chi connectivity index (χ3v) is 3.12. The predicted molar refractivity (Wildman–Crippen MR) is 67.9 cm³/mol. The van der Waals surface area contributed by atoms with E-state index in [1.165, 1.54) is 12.1 Å². The van der Waals surface area contributed by atoms with Crippen molar-refractivity contribution in [3.63, 3.8) is 0 Å². The van der Waals surface area contributed by atoms with Crippen molar-refractivity contribution in [3.05, 3.63) is 51.9 Å². The van der Waals surface area contributed by atoms with Crippen molar-refractivity contribution < 1.29 is 9.13 Å². The van der Waals surface area contributed by atoms with Gasteiger partial charge in [-0.15, -0.1) is 0 Å². The van der Waals surface area contributed by atoms with Gasteiger partial charge < -0.3 is 4.74 Å². The monoisotopic (exact) mass is 306 g/mol. The molecule has 2 rings (SSSR count). The van der Waals surface area contributed by atoms with Crippen LogP contribution in [-0.4, -0.2) is 4.98 Å². The average Bonchev–Trinajstić information content (AvgIpc) is 2.34. The number of hydrogen-bond acceptors (Lipinski definition) is 3. The van der Waals surface area contributed by atoms with Gasteiger partial charge in [0, 0.05) is 16.6 Å². The normalized spacial score (nSPS) is 9.89. The molecule has 1 aromatic heterocycles. The van der Waals surface area contributed by atoms with Crippen molar-refractivity contribution in [2.45, 2.75) is 6.92 Å². The molecule has 0 aliphatic carbocycles. The van der Waals surface area contributed by atoms with Crippen LogP contribution in [-0.2, 0) is 0 Å². The van der Waals surface area contributed by atoms with Crippen LogP contribution in [0.3, 0.4) is 0 Å². The fraction of sp³-hybridized carbons (Fsp3) is 0.0769. The smallest absolute Gasteiger partial charge is 0.219 e. The van der Waals surface area contributed by atoms with E-state index in [1.54, 1.807) is 18.2 Å². The number of halogens is 2. The number of hydrogen-bond donors (Lipinski definition) is 0. The van der Waals surface area contributed by atoms with E-state index in [0.29, 0.717) is 11.6 Å². The summed E-state index contributed by atoms with van der Waals surface area (Å²) in [6.45, 7) is 1.83. The minimum absolute atomic E-state index is 0.0118. The lowest BCUT2D eigenvalue weighted by atomic mass is 10.2. The Labute approximate surface area is 112 Å². The van der Waals surface area contributed by atoms with Gasteiger partial charge >= 0.3 is 0 Å². The summed E-state index contributed by atoms with van der Waals surface area (Å²) in [5, 5.41) is 8.62. The van der Waals surface area contributed by atoms with Gasteiger partial charge in [-0.25, -0.2) is 9.37 Å². The first-order chi connectivity index (χ1) is 8.60. The van der Waals surface area contributed by atoms with E-state index in [4.69, 9.17) is 10.00 Å². The Kier molecular flexibility index (Phi) is 3.58. The molecule has 5 heteroatoms. The van der Waals surface area contributed by atoms with E-state index < -0.39 is 5.82 Å². The van der Waals surface area contributed by atoms with Crippen LogP contribution in [0.1, 0.15) is 11.3 Å². The van der Waals surface area contributed by atoms with E-state index in [9.17, 15) is 4.39 Å². The minimum atomic E-state index is -0.608. The van der Waals surface area contributed by atoms with Gasteiger partial charge in [-0.2, -0.15) is 5.26 Å². The van der Waals surface area contributed by atoms with E-state index in [2.05, 4.69) is 20.9 Å². The van der Waals surface area contributed by atoms with Gasteiger partial charge in [-0.3, -0.25) is 0 Å². The summed E-state index contributed by atoms with van der Waals surface area (Å²) in [6.07, 6.45) is 0. The number of ether oxygens (including phenoxy) is 1. The van der Waals surface area contributed by atoms with Crippen molar-refractivity contribution in [3.8, 4) is 17.7 Å². The second-order valence-electron chi connectivity index (χ2n) is 3.57. The molecule has 0 saturated carbocycles. The van der Waals surface area contributed by atoms with E-state index in [-0.39, 0.29) is 5.56 Å². The molecule has 0 N–H and O–H groups in total. The SMILES string of the molecule is Cc1nc(Oc2ccc(C#N)c(F)c2)ccc1Br. The molecule has 0 radical (unpaired) electrons. The number of nitrogens with zero attached hydrogens (tertiary/aromatic N) is 2. The van der Waals surface area contributed by atoms with Gasteiger partial charge in [-0.05, 0) is 41.1 Å². The summed E-state index contributed by atoms with van der Waals surface area (Å²) in [6, 6.07) is 9.29. The molecule has 2 aromatic rings. The maximum atomic E-state index is 13.4. The second kappa shape index (κ2) is 5.15. The molecule has 0 aliphatic rings. The zero-order chi connectivity index (χ0) is 13.1. The van der Waals surface area contributed by atoms with E-state index in [0.717, 1.165) is 16.2 Å². The van der Waals surface area contributed by atoms with E-state index >= 15 is 0 Å². The highest BCUT2D eigenvalue weighted by molar-refractivity contribution is 9.10. The third kappa shape index (κ3) is 2.66. The molecule has 0 bridgehead atoms. The van der Waals surface area contributed by atoms with Crippen LogP contribution >= 0.6 is 15.9 Å². The first kappa shape index (κ1) is 12.5. The second-order valence-corrected chi connectivity index (χ2v) is 4.43. The molecule has 1 heterocycles. The molecule has 0 saturated heterocycles. The van der Waals surface area contributed by atoms with Crippen molar-refractivity contribution in [1.29, 1.82) is 5.26 Å². The molecular weight excluding hydrogens is 299 g/mol. The highest BCUT2D eigenvalue weighted by Crippen LogP contribution is 2.24. The Morgan fingerprint density at radius 2 is 2.11 bits per heavy atom. The lowest BCUT2D eigenvalue weighted by Crippen LogP contribution is -1.92. The zero-order valence-corrected chi connectivity index (χ0v) is 11.0. The largest absolute Gasteiger partial charge is 0.439 e. The third-order valence-electron chi connectivity index (χ3n) is 2.28. The quantitative estimate of drug-likeness (QED) is 0.843. The van der Waals surface area contributed by atoms with Crippen LogP contribution in [0.5, 0.6) is 11.6 Å². The van der Waals surface area contributed by atoms with Crippen molar-refractivity contribution in [1.82, 2.24) is 4.98 Å². The number of nitriles is 1. The van der Waals surface area contributed by atoms with Crippen molar-refractivity contribution in [2.75, 3.05) is 0 Å². The summed E-state index contributed by atoms with van der Waals surface area (Å²) in [4.78, 5) is 4.18. The van der Waals surface area contributed by atoms with Crippen LogP contribution < -0.4 is 4.74 Å². The first-order valence-corrected chi connectivity index (χ1v) is 5.90. The molecule has 18 heavy (non-hydrogen) atoms. The van der Waals surface area contributed by atoms with Crippen molar-refractivity contribution in [2.24, 2.45) is 0 Å². The maximum absolute atomic E-state index is 13.4. The van der Waals surface area contributed by atoms with Crippen LogP contribution in [0.15, 0.2) is 34.8 Å². The van der Waals surface area contributed by atoms with E-state index in [1.807, 2.05) is 6.92 Å². The van der Waals surface area contributed by atoms with Crippen LogP contribution in [0.4, 0.5) is 4.39 Å². The number of pyridine rings is 1. The Morgan fingerprint density at radius 3 is 2.72 bits per heavy atom. The molecule has 0 spiro atoms.